The molecule has 1 unspecified atom stereocenters. The molecule has 1 saturated heterocycles. The van der Waals surface area contributed by atoms with Crippen LogP contribution in [-0.4, -0.2) is 26.8 Å². The molecule has 1 nitrogen and oxygen atoms in total. The first-order chi connectivity index (χ1) is 5.19. The largest absolute Gasteiger partial charge is 0.387 e. The van der Waals surface area contributed by atoms with E-state index in [0.29, 0.717) is 0 Å². The molecule has 1 rings (SSSR count). The van der Waals surface area contributed by atoms with Gasteiger partial charge in [0, 0.05) is 0 Å². The molecule has 0 aromatic heterocycles. The Bertz CT molecular complexity index is 141. The van der Waals surface area contributed by atoms with E-state index in [9.17, 15) is 5.11 Å². The van der Waals surface area contributed by atoms with E-state index in [1.54, 1.807) is 6.08 Å². The lowest BCUT2D eigenvalue weighted by molar-refractivity contribution is 0.214. The number of hydrogen-bond donors (Lipinski definition) is 1. The van der Waals surface area contributed by atoms with Gasteiger partial charge in [0.05, 0.1) is 10.2 Å². The topological polar surface area (TPSA) is 20.2 Å². The lowest BCUT2D eigenvalue weighted by Gasteiger charge is -2.34. The molecule has 0 aliphatic carbocycles. The van der Waals surface area contributed by atoms with Crippen molar-refractivity contribution in [3.05, 3.63) is 12.7 Å². The monoisotopic (exact) mass is 190 g/mol. The molecule has 0 radical (unpaired) electrons. The van der Waals surface area contributed by atoms with Crippen LogP contribution in [0.25, 0.3) is 0 Å². The van der Waals surface area contributed by atoms with Crippen LogP contribution in [0.2, 0.25) is 0 Å². The van der Waals surface area contributed by atoms with Crippen LogP contribution in [0.5, 0.6) is 0 Å². The molecule has 0 aromatic rings. The van der Waals surface area contributed by atoms with Crippen LogP contribution < -0.4 is 0 Å². The number of thioether (sulfide) groups is 2. The highest BCUT2D eigenvalue weighted by Gasteiger charge is 2.34. The molecule has 0 spiro atoms. The first kappa shape index (κ1) is 9.49. The molecule has 0 aromatic carbocycles. The Morgan fingerprint density at radius 1 is 1.55 bits per heavy atom. The molecule has 3 heteroatoms. The fourth-order valence-corrected chi connectivity index (χ4v) is 3.97. The molecular formula is C8H14OS2. The van der Waals surface area contributed by atoms with Crippen molar-refractivity contribution in [3.63, 3.8) is 0 Å². The molecule has 1 atom stereocenters. The Kier molecular flexibility index (Phi) is 3.34. The Balaban J connectivity index is 2.55. The van der Waals surface area contributed by atoms with Gasteiger partial charge >= 0.3 is 0 Å². The van der Waals surface area contributed by atoms with Gasteiger partial charge in [0.25, 0.3) is 0 Å². The van der Waals surface area contributed by atoms with Crippen LogP contribution in [0, 0.1) is 0 Å². The van der Waals surface area contributed by atoms with Crippen molar-refractivity contribution >= 4 is 23.5 Å². The minimum atomic E-state index is -0.377. The van der Waals surface area contributed by atoms with Crippen molar-refractivity contribution in [2.45, 2.75) is 23.5 Å². The van der Waals surface area contributed by atoms with Gasteiger partial charge in [0.1, 0.15) is 0 Å². The van der Waals surface area contributed by atoms with Gasteiger partial charge in [-0.05, 0) is 24.9 Å². The summed E-state index contributed by atoms with van der Waals surface area (Å²) in [5, 5.41) is 9.58. The Morgan fingerprint density at radius 3 is 2.55 bits per heavy atom. The van der Waals surface area contributed by atoms with Crippen molar-refractivity contribution in [1.29, 1.82) is 0 Å². The standard InChI is InChI=1S/C8H14OS2/c1-3-7(9)8(2)10-5-4-6-11-8/h3,7,9H,1,4-6H2,2H3. The normalized spacial score (nSPS) is 26.0. The summed E-state index contributed by atoms with van der Waals surface area (Å²) in [7, 11) is 0. The second kappa shape index (κ2) is 3.87. The number of hydrogen-bond acceptors (Lipinski definition) is 3. The molecule has 1 heterocycles. The van der Waals surface area contributed by atoms with Crippen molar-refractivity contribution in [1.82, 2.24) is 0 Å². The van der Waals surface area contributed by atoms with E-state index in [1.165, 1.54) is 6.42 Å². The first-order valence-corrected chi connectivity index (χ1v) is 5.75. The summed E-state index contributed by atoms with van der Waals surface area (Å²) >= 11 is 3.68. The van der Waals surface area contributed by atoms with E-state index in [0.717, 1.165) is 11.5 Å². The summed E-state index contributed by atoms with van der Waals surface area (Å²) in [6.07, 6.45) is 2.51. The summed E-state index contributed by atoms with van der Waals surface area (Å²) in [4.78, 5) is 0. The zero-order valence-corrected chi connectivity index (χ0v) is 8.38. The van der Waals surface area contributed by atoms with Crippen LogP contribution in [0.4, 0.5) is 0 Å². The molecule has 1 aliphatic heterocycles. The third-order valence-corrected chi connectivity index (χ3v) is 5.15. The summed E-state index contributed by atoms with van der Waals surface area (Å²) in [6.45, 7) is 5.70. The average molecular weight is 190 g/mol. The second-order valence-corrected chi connectivity index (χ2v) is 6.10. The molecule has 1 N–H and O–H groups in total. The Labute approximate surface area is 76.6 Å². The highest BCUT2D eigenvalue weighted by molar-refractivity contribution is 8.18. The maximum Gasteiger partial charge on any atom is 0.0953 e. The van der Waals surface area contributed by atoms with Gasteiger partial charge < -0.3 is 5.11 Å². The third kappa shape index (κ3) is 2.17. The average Bonchev–Trinajstić information content (AvgIpc) is 2.04. The number of rotatable bonds is 2. The van der Waals surface area contributed by atoms with E-state index in [2.05, 4.69) is 13.5 Å². The van der Waals surface area contributed by atoms with Crippen molar-refractivity contribution in [2.24, 2.45) is 0 Å². The zero-order valence-electron chi connectivity index (χ0n) is 6.75. The van der Waals surface area contributed by atoms with Crippen LogP contribution >= 0.6 is 23.5 Å². The van der Waals surface area contributed by atoms with E-state index in [-0.39, 0.29) is 10.2 Å². The molecule has 0 saturated carbocycles. The fraction of sp³-hybridized carbons (Fsp3) is 0.750. The van der Waals surface area contributed by atoms with Crippen molar-refractivity contribution < 1.29 is 5.11 Å². The van der Waals surface area contributed by atoms with E-state index in [4.69, 9.17) is 0 Å². The van der Waals surface area contributed by atoms with Gasteiger partial charge in [0.2, 0.25) is 0 Å². The highest BCUT2D eigenvalue weighted by atomic mass is 32.2. The minimum absolute atomic E-state index is 0.0417. The molecule has 1 fully saturated rings. The van der Waals surface area contributed by atoms with Gasteiger partial charge in [-0.2, -0.15) is 0 Å². The molecule has 0 amide bonds. The maximum absolute atomic E-state index is 9.58. The van der Waals surface area contributed by atoms with Gasteiger partial charge in [-0.25, -0.2) is 0 Å². The third-order valence-electron chi connectivity index (χ3n) is 1.83. The lowest BCUT2D eigenvalue weighted by atomic mass is 10.2. The quantitative estimate of drug-likeness (QED) is 0.674. The van der Waals surface area contributed by atoms with E-state index >= 15 is 0 Å². The summed E-state index contributed by atoms with van der Waals surface area (Å²) < 4.78 is -0.0417. The van der Waals surface area contributed by atoms with Gasteiger partial charge in [-0.15, -0.1) is 30.1 Å². The van der Waals surface area contributed by atoms with Gasteiger partial charge in [-0.3, -0.25) is 0 Å². The molecule has 0 bridgehead atoms. The Morgan fingerprint density at radius 2 is 2.09 bits per heavy atom. The Hall–Kier alpha value is 0.400. The summed E-state index contributed by atoms with van der Waals surface area (Å²) in [5.74, 6) is 2.32. The first-order valence-electron chi connectivity index (χ1n) is 3.77. The number of aliphatic hydroxyl groups is 1. The van der Waals surface area contributed by atoms with E-state index in [1.807, 2.05) is 23.5 Å². The van der Waals surface area contributed by atoms with Crippen LogP contribution in [0.1, 0.15) is 13.3 Å². The fourth-order valence-electron chi connectivity index (χ4n) is 1.04. The predicted octanol–water partition coefficient (Wildman–Crippen LogP) is 2.12. The predicted molar refractivity (Wildman–Crippen MR) is 54.1 cm³/mol. The SMILES string of the molecule is C=CC(O)C1(C)SCCCS1. The van der Waals surface area contributed by atoms with Crippen molar-refractivity contribution in [2.75, 3.05) is 11.5 Å². The summed E-state index contributed by atoms with van der Waals surface area (Å²) in [6, 6.07) is 0. The van der Waals surface area contributed by atoms with Crippen LogP contribution in [-0.2, 0) is 0 Å². The van der Waals surface area contributed by atoms with Crippen molar-refractivity contribution in [3.8, 4) is 0 Å². The molecule has 64 valence electrons. The highest BCUT2D eigenvalue weighted by Crippen LogP contribution is 2.44. The van der Waals surface area contributed by atoms with Gasteiger partial charge in [-0.1, -0.05) is 6.08 Å². The van der Waals surface area contributed by atoms with Crippen LogP contribution in [0.15, 0.2) is 12.7 Å². The summed E-state index contributed by atoms with van der Waals surface area (Å²) in [5.41, 5.74) is 0. The lowest BCUT2D eigenvalue weighted by Crippen LogP contribution is -2.33. The van der Waals surface area contributed by atoms with E-state index < -0.39 is 0 Å². The maximum atomic E-state index is 9.58. The molecule has 1 aliphatic rings. The van der Waals surface area contributed by atoms with Gasteiger partial charge in [0.15, 0.2) is 0 Å². The second-order valence-electron chi connectivity index (χ2n) is 2.75. The smallest absolute Gasteiger partial charge is 0.0953 e. The molecule has 11 heavy (non-hydrogen) atoms. The van der Waals surface area contributed by atoms with Crippen LogP contribution in [0.3, 0.4) is 0 Å². The number of aliphatic hydroxyl groups excluding tert-OH is 1. The minimum Gasteiger partial charge on any atom is -0.387 e. The zero-order chi connectivity index (χ0) is 8.32. The molecular weight excluding hydrogens is 176 g/mol.